The number of alkyl halides is 1. The van der Waals surface area contributed by atoms with Crippen LogP contribution in [0.2, 0.25) is 0 Å². The summed E-state index contributed by atoms with van der Waals surface area (Å²) in [5, 5.41) is 3.23. The molecule has 0 saturated heterocycles. The van der Waals surface area contributed by atoms with Crippen molar-refractivity contribution in [3.63, 3.8) is 0 Å². The molecule has 1 aliphatic rings. The van der Waals surface area contributed by atoms with Crippen molar-refractivity contribution in [2.24, 2.45) is 11.3 Å². The molecule has 0 bridgehead atoms. The zero-order chi connectivity index (χ0) is 13.6. The average Bonchev–Trinajstić information content (AvgIpc) is 2.77. The van der Waals surface area contributed by atoms with Crippen molar-refractivity contribution < 1.29 is 4.79 Å². The summed E-state index contributed by atoms with van der Waals surface area (Å²) in [5.41, 5.74) is -0.0894. The summed E-state index contributed by atoms with van der Waals surface area (Å²) in [5.74, 6) is 1.49. The largest absolute Gasteiger partial charge is 0.353 e. The SMILES string of the molecule is CCC(CCCl)NC(=O)C1(CC(C)C)CCCC1. The van der Waals surface area contributed by atoms with Crippen molar-refractivity contribution in [3.8, 4) is 0 Å². The lowest BCUT2D eigenvalue weighted by Crippen LogP contribution is -2.45. The Morgan fingerprint density at radius 3 is 2.39 bits per heavy atom. The molecule has 1 fully saturated rings. The second kappa shape index (κ2) is 7.37. The van der Waals surface area contributed by atoms with E-state index in [0.717, 1.165) is 32.1 Å². The summed E-state index contributed by atoms with van der Waals surface area (Å²) in [6, 6.07) is 0.250. The number of nitrogens with one attached hydrogen (secondary N) is 1. The summed E-state index contributed by atoms with van der Waals surface area (Å²) in [7, 11) is 0. The maximum atomic E-state index is 12.6. The van der Waals surface area contributed by atoms with E-state index in [1.165, 1.54) is 12.8 Å². The molecule has 1 atom stereocenters. The van der Waals surface area contributed by atoms with Crippen LogP contribution in [-0.4, -0.2) is 17.8 Å². The monoisotopic (exact) mass is 273 g/mol. The van der Waals surface area contributed by atoms with E-state index in [4.69, 9.17) is 11.6 Å². The molecule has 0 heterocycles. The fourth-order valence-corrected chi connectivity index (χ4v) is 3.47. The standard InChI is InChI=1S/C15H28ClNO/c1-4-13(7-10-16)17-14(18)15(11-12(2)3)8-5-6-9-15/h12-13H,4-11H2,1-3H3,(H,17,18). The van der Waals surface area contributed by atoms with Crippen molar-refractivity contribution in [2.45, 2.75) is 71.8 Å². The molecule has 1 rings (SSSR count). The lowest BCUT2D eigenvalue weighted by molar-refractivity contribution is -0.132. The van der Waals surface area contributed by atoms with E-state index in [1.807, 2.05) is 0 Å². The summed E-state index contributed by atoms with van der Waals surface area (Å²) in [6.45, 7) is 6.54. The Kier molecular flexibility index (Phi) is 6.48. The molecule has 3 heteroatoms. The molecule has 1 unspecified atom stereocenters. The number of rotatable bonds is 7. The van der Waals surface area contributed by atoms with Crippen molar-refractivity contribution >= 4 is 17.5 Å². The van der Waals surface area contributed by atoms with Crippen LogP contribution < -0.4 is 5.32 Å². The molecule has 1 saturated carbocycles. The molecule has 0 aromatic carbocycles. The third-order valence-electron chi connectivity index (χ3n) is 4.13. The van der Waals surface area contributed by atoms with E-state index in [9.17, 15) is 4.79 Å². The van der Waals surface area contributed by atoms with Crippen LogP contribution in [0.1, 0.15) is 65.7 Å². The molecule has 1 N–H and O–H groups in total. The quantitative estimate of drug-likeness (QED) is 0.695. The molecule has 18 heavy (non-hydrogen) atoms. The fourth-order valence-electron chi connectivity index (χ4n) is 3.21. The minimum absolute atomic E-state index is 0.0894. The molecule has 0 aromatic heterocycles. The molecule has 0 aliphatic heterocycles. The Morgan fingerprint density at radius 1 is 1.33 bits per heavy atom. The first-order chi connectivity index (χ1) is 8.54. The number of hydrogen-bond acceptors (Lipinski definition) is 1. The van der Waals surface area contributed by atoms with E-state index in [1.54, 1.807) is 0 Å². The van der Waals surface area contributed by atoms with Crippen LogP contribution >= 0.6 is 11.6 Å². The second-order valence-corrected chi connectivity index (χ2v) is 6.52. The first kappa shape index (κ1) is 15.8. The number of carbonyl (C=O) groups is 1. The summed E-state index contributed by atoms with van der Waals surface area (Å²) in [4.78, 5) is 12.6. The highest BCUT2D eigenvalue weighted by atomic mass is 35.5. The zero-order valence-electron chi connectivity index (χ0n) is 12.1. The predicted molar refractivity (Wildman–Crippen MR) is 77.9 cm³/mol. The molecule has 2 nitrogen and oxygen atoms in total. The highest BCUT2D eigenvalue weighted by molar-refractivity contribution is 6.17. The Labute approximate surface area is 117 Å². The molecule has 0 aromatic rings. The second-order valence-electron chi connectivity index (χ2n) is 6.14. The summed E-state index contributed by atoms with van der Waals surface area (Å²) in [6.07, 6.45) is 7.40. The maximum absolute atomic E-state index is 12.6. The van der Waals surface area contributed by atoms with Crippen LogP contribution in [0, 0.1) is 11.3 Å². The van der Waals surface area contributed by atoms with Crippen LogP contribution in [0.25, 0.3) is 0 Å². The lowest BCUT2D eigenvalue weighted by Gasteiger charge is -2.31. The minimum atomic E-state index is -0.0894. The van der Waals surface area contributed by atoms with E-state index < -0.39 is 0 Å². The van der Waals surface area contributed by atoms with Crippen molar-refractivity contribution in [1.29, 1.82) is 0 Å². The highest BCUT2D eigenvalue weighted by Crippen LogP contribution is 2.43. The van der Waals surface area contributed by atoms with Gasteiger partial charge in [-0.25, -0.2) is 0 Å². The minimum Gasteiger partial charge on any atom is -0.353 e. The van der Waals surface area contributed by atoms with Gasteiger partial charge in [-0.3, -0.25) is 4.79 Å². The van der Waals surface area contributed by atoms with Gasteiger partial charge < -0.3 is 5.32 Å². The van der Waals surface area contributed by atoms with Gasteiger partial charge >= 0.3 is 0 Å². The molecule has 106 valence electrons. The summed E-state index contributed by atoms with van der Waals surface area (Å²) < 4.78 is 0. The average molecular weight is 274 g/mol. The molecule has 1 amide bonds. The number of hydrogen-bond donors (Lipinski definition) is 1. The Bertz CT molecular complexity index is 259. The van der Waals surface area contributed by atoms with E-state index in [-0.39, 0.29) is 17.4 Å². The van der Waals surface area contributed by atoms with E-state index >= 15 is 0 Å². The van der Waals surface area contributed by atoms with Gasteiger partial charge in [0.25, 0.3) is 0 Å². The number of carbonyl (C=O) groups excluding carboxylic acids is 1. The zero-order valence-corrected chi connectivity index (χ0v) is 12.9. The van der Waals surface area contributed by atoms with Gasteiger partial charge in [0.1, 0.15) is 0 Å². The molecule has 0 radical (unpaired) electrons. The third-order valence-corrected chi connectivity index (χ3v) is 4.35. The molecular weight excluding hydrogens is 246 g/mol. The van der Waals surface area contributed by atoms with Crippen molar-refractivity contribution in [1.82, 2.24) is 5.32 Å². The van der Waals surface area contributed by atoms with Crippen LogP contribution in [0.4, 0.5) is 0 Å². The van der Waals surface area contributed by atoms with Crippen LogP contribution in [0.3, 0.4) is 0 Å². The topological polar surface area (TPSA) is 29.1 Å². The summed E-state index contributed by atoms with van der Waals surface area (Å²) >= 11 is 5.79. The van der Waals surface area contributed by atoms with Crippen molar-refractivity contribution in [3.05, 3.63) is 0 Å². The van der Waals surface area contributed by atoms with Gasteiger partial charge in [0.15, 0.2) is 0 Å². The first-order valence-electron chi connectivity index (χ1n) is 7.41. The van der Waals surface area contributed by atoms with Gasteiger partial charge in [0.05, 0.1) is 0 Å². The Balaban J connectivity index is 2.65. The molecule has 1 aliphatic carbocycles. The predicted octanol–water partition coefficient (Wildman–Crippen LogP) is 4.12. The number of halogens is 1. The lowest BCUT2D eigenvalue weighted by atomic mass is 9.77. The van der Waals surface area contributed by atoms with Crippen LogP contribution in [-0.2, 0) is 4.79 Å². The normalized spacial score (nSPS) is 20.1. The Hall–Kier alpha value is -0.240. The van der Waals surface area contributed by atoms with Gasteiger partial charge in [0, 0.05) is 17.3 Å². The van der Waals surface area contributed by atoms with Gasteiger partial charge in [-0.05, 0) is 38.0 Å². The van der Waals surface area contributed by atoms with E-state index in [0.29, 0.717) is 11.8 Å². The van der Waals surface area contributed by atoms with Crippen LogP contribution in [0.15, 0.2) is 0 Å². The molecule has 0 spiro atoms. The van der Waals surface area contributed by atoms with Gasteiger partial charge in [0.2, 0.25) is 5.91 Å². The number of amides is 1. The molecular formula is C15H28ClNO. The Morgan fingerprint density at radius 2 is 1.94 bits per heavy atom. The first-order valence-corrected chi connectivity index (χ1v) is 7.94. The van der Waals surface area contributed by atoms with Crippen LogP contribution in [0.5, 0.6) is 0 Å². The van der Waals surface area contributed by atoms with Crippen molar-refractivity contribution in [2.75, 3.05) is 5.88 Å². The fraction of sp³-hybridized carbons (Fsp3) is 0.933. The maximum Gasteiger partial charge on any atom is 0.226 e. The van der Waals surface area contributed by atoms with Gasteiger partial charge in [-0.15, -0.1) is 11.6 Å². The smallest absolute Gasteiger partial charge is 0.226 e. The van der Waals surface area contributed by atoms with Gasteiger partial charge in [-0.2, -0.15) is 0 Å². The third kappa shape index (κ3) is 4.15. The van der Waals surface area contributed by atoms with E-state index in [2.05, 4.69) is 26.1 Å². The highest BCUT2D eigenvalue weighted by Gasteiger charge is 2.41. The van der Waals surface area contributed by atoms with Gasteiger partial charge in [-0.1, -0.05) is 33.6 Å².